The summed E-state index contributed by atoms with van der Waals surface area (Å²) in [5.41, 5.74) is -0.418. The first-order chi connectivity index (χ1) is 19.7. The van der Waals surface area contributed by atoms with Crippen molar-refractivity contribution >= 4 is 23.3 Å². The van der Waals surface area contributed by atoms with Gasteiger partial charge in [-0.2, -0.15) is 13.2 Å². The number of aliphatic hydroxyl groups excluding tert-OH is 1. The zero-order valence-electron chi connectivity index (χ0n) is 21.7. The van der Waals surface area contributed by atoms with Crippen molar-refractivity contribution in [2.45, 2.75) is 18.7 Å². The highest BCUT2D eigenvalue weighted by Gasteiger charge is 2.41. The normalized spacial score (nSPS) is 14.8. The van der Waals surface area contributed by atoms with Crippen molar-refractivity contribution in [3.63, 3.8) is 0 Å². The molecule has 2 amide bonds. The van der Waals surface area contributed by atoms with E-state index in [1.165, 1.54) is 24.4 Å². The minimum atomic E-state index is -4.90. The Balaban J connectivity index is 1.24. The number of rotatable bonds is 6. The molecule has 3 heterocycles. The lowest BCUT2D eigenvalue weighted by atomic mass is 10.1. The van der Waals surface area contributed by atoms with E-state index in [0.717, 1.165) is 0 Å². The van der Waals surface area contributed by atoms with Crippen molar-refractivity contribution in [1.82, 2.24) is 14.9 Å². The van der Waals surface area contributed by atoms with Crippen LogP contribution in [0.4, 0.5) is 24.7 Å². The monoisotopic (exact) mass is 565 g/mol. The number of amides is 2. The molecule has 12 heteroatoms. The molecular weight excluding hydrogens is 539 g/mol. The van der Waals surface area contributed by atoms with Gasteiger partial charge in [0.2, 0.25) is 11.7 Å². The molecular formula is C29H26F3N5O4. The van der Waals surface area contributed by atoms with Gasteiger partial charge >= 0.3 is 6.18 Å². The maximum Gasteiger partial charge on any atom is 0.437 e. The first kappa shape index (κ1) is 27.8. The number of pyridine rings is 1. The van der Waals surface area contributed by atoms with Crippen molar-refractivity contribution in [3.05, 3.63) is 96.0 Å². The van der Waals surface area contributed by atoms with Gasteiger partial charge in [0.25, 0.3) is 11.8 Å². The van der Waals surface area contributed by atoms with Crippen LogP contribution >= 0.6 is 0 Å². The molecule has 0 bridgehead atoms. The van der Waals surface area contributed by atoms with Crippen LogP contribution in [-0.2, 0) is 11.0 Å². The number of aromatic nitrogens is 2. The molecule has 0 radical (unpaired) electrons. The summed E-state index contributed by atoms with van der Waals surface area (Å²) in [4.78, 5) is 37.1. The number of anilines is 2. The Bertz CT molecular complexity index is 1490. The second kappa shape index (κ2) is 11.8. The molecule has 0 spiro atoms. The number of hydrogen-bond donors (Lipinski definition) is 2. The van der Waals surface area contributed by atoms with E-state index in [0.29, 0.717) is 49.5 Å². The fourth-order valence-corrected chi connectivity index (χ4v) is 4.52. The third-order valence-electron chi connectivity index (χ3n) is 6.61. The average molecular weight is 566 g/mol. The average Bonchev–Trinajstić information content (AvgIpc) is 3.31. The minimum absolute atomic E-state index is 0.169. The predicted molar refractivity (Wildman–Crippen MR) is 144 cm³/mol. The van der Waals surface area contributed by atoms with Crippen LogP contribution in [0.3, 0.4) is 0 Å². The number of nitrogens with zero attached hydrogens (tertiary/aromatic N) is 4. The van der Waals surface area contributed by atoms with Gasteiger partial charge in [-0.1, -0.05) is 48.5 Å². The highest BCUT2D eigenvalue weighted by atomic mass is 19.4. The first-order valence-electron chi connectivity index (χ1n) is 12.9. The fraction of sp³-hybridized carbons (Fsp3) is 0.241. The maximum absolute atomic E-state index is 13.6. The third-order valence-corrected chi connectivity index (χ3v) is 6.61. The minimum Gasteiger partial charge on any atom is -0.430 e. The fourth-order valence-electron chi connectivity index (χ4n) is 4.52. The molecule has 2 aromatic carbocycles. The summed E-state index contributed by atoms with van der Waals surface area (Å²) in [6, 6.07) is 19.9. The molecule has 212 valence electrons. The lowest BCUT2D eigenvalue weighted by Gasteiger charge is -2.24. The number of benzene rings is 2. The van der Waals surface area contributed by atoms with Crippen molar-refractivity contribution in [1.29, 1.82) is 0 Å². The second-order valence-corrected chi connectivity index (χ2v) is 9.40. The predicted octanol–water partition coefficient (Wildman–Crippen LogP) is 4.78. The smallest absolute Gasteiger partial charge is 0.430 e. The standard InChI is InChI=1S/C29H26F3N5O4/c30-29(31,32)25-24(41-27(35-25)20-10-5-2-6-11-20)26(39)34-21-12-13-22(33-18-21)36-14-7-15-37(17-16-36)28(40)23(38)19-8-3-1-4-9-19/h1-6,8-13,18,23,38H,7,14-17H2,(H,34,39)/t23-/m1/s1. The van der Waals surface area contributed by atoms with Crippen molar-refractivity contribution in [2.75, 3.05) is 36.4 Å². The lowest BCUT2D eigenvalue weighted by molar-refractivity contribution is -0.141. The lowest BCUT2D eigenvalue weighted by Crippen LogP contribution is -2.38. The van der Waals surface area contributed by atoms with Gasteiger partial charge in [-0.25, -0.2) is 9.97 Å². The van der Waals surface area contributed by atoms with Crippen LogP contribution in [0.1, 0.15) is 34.3 Å². The number of aliphatic hydroxyl groups is 1. The number of hydrogen-bond acceptors (Lipinski definition) is 7. The van der Waals surface area contributed by atoms with Gasteiger partial charge in [0, 0.05) is 31.7 Å². The Labute approximate surface area is 233 Å². The number of carbonyl (C=O) groups excluding carboxylic acids is 2. The number of halogens is 3. The topological polar surface area (TPSA) is 112 Å². The molecule has 2 N–H and O–H groups in total. The molecule has 5 rings (SSSR count). The van der Waals surface area contributed by atoms with E-state index in [2.05, 4.69) is 15.3 Å². The molecule has 4 aromatic rings. The molecule has 0 unspecified atom stereocenters. The van der Waals surface area contributed by atoms with Crippen molar-refractivity contribution in [3.8, 4) is 11.5 Å². The molecule has 0 saturated carbocycles. The summed E-state index contributed by atoms with van der Waals surface area (Å²) in [6.45, 7) is 1.90. The van der Waals surface area contributed by atoms with Crippen LogP contribution in [0.15, 0.2) is 83.4 Å². The molecule has 1 atom stereocenters. The second-order valence-electron chi connectivity index (χ2n) is 9.40. The zero-order chi connectivity index (χ0) is 29.0. The van der Waals surface area contributed by atoms with Crippen LogP contribution in [0.25, 0.3) is 11.5 Å². The van der Waals surface area contributed by atoms with Gasteiger partial charge in [-0.15, -0.1) is 0 Å². The van der Waals surface area contributed by atoms with Crippen molar-refractivity contribution in [2.24, 2.45) is 0 Å². The Morgan fingerprint density at radius 1 is 0.927 bits per heavy atom. The van der Waals surface area contributed by atoms with E-state index in [1.54, 1.807) is 53.4 Å². The Kier molecular flexibility index (Phi) is 8.02. The highest BCUT2D eigenvalue weighted by Crippen LogP contribution is 2.35. The summed E-state index contributed by atoms with van der Waals surface area (Å²) >= 11 is 0. The molecule has 1 aliphatic heterocycles. The molecule has 2 aromatic heterocycles. The van der Waals surface area contributed by atoms with Crippen LogP contribution in [0, 0.1) is 0 Å². The summed E-state index contributed by atoms with van der Waals surface area (Å²) < 4.78 is 46.1. The van der Waals surface area contributed by atoms with Crippen LogP contribution in [0.2, 0.25) is 0 Å². The highest BCUT2D eigenvalue weighted by molar-refractivity contribution is 6.03. The zero-order valence-corrected chi connectivity index (χ0v) is 21.7. The Morgan fingerprint density at radius 2 is 1.63 bits per heavy atom. The van der Waals surface area contributed by atoms with Crippen LogP contribution in [0.5, 0.6) is 0 Å². The number of oxazole rings is 1. The van der Waals surface area contributed by atoms with Gasteiger partial charge in [0.05, 0.1) is 11.9 Å². The molecule has 1 aliphatic rings. The SMILES string of the molecule is O=C(Nc1ccc(N2CCCN(C(=O)[C@H](O)c3ccccc3)CC2)nc1)c1oc(-c2ccccc2)nc1C(F)(F)F. The van der Waals surface area contributed by atoms with Gasteiger partial charge < -0.3 is 24.6 Å². The van der Waals surface area contributed by atoms with E-state index in [-0.39, 0.29) is 17.5 Å². The van der Waals surface area contributed by atoms with Gasteiger partial charge in [0.15, 0.2) is 11.8 Å². The summed E-state index contributed by atoms with van der Waals surface area (Å²) in [5.74, 6) is -2.17. The Hall–Kier alpha value is -4.71. The third kappa shape index (κ3) is 6.38. The molecule has 41 heavy (non-hydrogen) atoms. The van der Waals surface area contributed by atoms with Crippen LogP contribution in [-0.4, -0.2) is 58.0 Å². The van der Waals surface area contributed by atoms with Gasteiger partial charge in [-0.3, -0.25) is 9.59 Å². The van der Waals surface area contributed by atoms with E-state index in [4.69, 9.17) is 4.42 Å². The number of carbonyl (C=O) groups is 2. The molecule has 0 aliphatic carbocycles. The summed E-state index contributed by atoms with van der Waals surface area (Å²) in [6.07, 6.45) is -4.16. The largest absolute Gasteiger partial charge is 0.437 e. The summed E-state index contributed by atoms with van der Waals surface area (Å²) in [7, 11) is 0. The Morgan fingerprint density at radius 3 is 2.29 bits per heavy atom. The molecule has 1 saturated heterocycles. The van der Waals surface area contributed by atoms with Gasteiger partial charge in [-0.05, 0) is 36.2 Å². The number of alkyl halides is 3. The maximum atomic E-state index is 13.6. The first-order valence-corrected chi connectivity index (χ1v) is 12.9. The quantitative estimate of drug-likeness (QED) is 0.346. The van der Waals surface area contributed by atoms with Crippen molar-refractivity contribution < 1.29 is 32.3 Å². The van der Waals surface area contributed by atoms with E-state index in [1.807, 2.05) is 11.0 Å². The van der Waals surface area contributed by atoms with E-state index < -0.39 is 29.6 Å². The van der Waals surface area contributed by atoms with E-state index >= 15 is 0 Å². The molecule has 1 fully saturated rings. The van der Waals surface area contributed by atoms with E-state index in [9.17, 15) is 27.9 Å². The van der Waals surface area contributed by atoms with Crippen LogP contribution < -0.4 is 10.2 Å². The molecule has 9 nitrogen and oxygen atoms in total. The summed E-state index contributed by atoms with van der Waals surface area (Å²) in [5, 5.41) is 12.9. The number of nitrogens with one attached hydrogen (secondary N) is 1. The van der Waals surface area contributed by atoms with Gasteiger partial charge in [0.1, 0.15) is 5.82 Å².